The van der Waals surface area contributed by atoms with E-state index in [0.29, 0.717) is 18.9 Å². The fourth-order valence-corrected chi connectivity index (χ4v) is 2.73. The summed E-state index contributed by atoms with van der Waals surface area (Å²) in [6.07, 6.45) is 0.746. The Morgan fingerprint density at radius 2 is 1.92 bits per heavy atom. The van der Waals surface area contributed by atoms with E-state index in [2.05, 4.69) is 11.9 Å². The SMILES string of the molecule is C=C(C)COc1ccc(C2(C)NC(=O)N(CCCN(C)C)C2=O)cc1. The van der Waals surface area contributed by atoms with Crippen LogP contribution in [0.4, 0.5) is 4.79 Å². The van der Waals surface area contributed by atoms with E-state index in [1.54, 1.807) is 19.1 Å². The summed E-state index contributed by atoms with van der Waals surface area (Å²) in [5.41, 5.74) is 0.633. The van der Waals surface area contributed by atoms with Gasteiger partial charge >= 0.3 is 6.03 Å². The van der Waals surface area contributed by atoms with Crippen molar-refractivity contribution in [3.8, 4) is 5.75 Å². The number of nitrogens with zero attached hydrogens (tertiary/aromatic N) is 2. The molecule has 0 spiro atoms. The second-order valence-corrected chi connectivity index (χ2v) is 6.94. The molecule has 2 rings (SSSR count). The third-order valence-corrected chi connectivity index (χ3v) is 4.18. The Labute approximate surface area is 149 Å². The molecule has 0 radical (unpaired) electrons. The highest BCUT2D eigenvalue weighted by Crippen LogP contribution is 2.30. The number of rotatable bonds is 8. The van der Waals surface area contributed by atoms with Gasteiger partial charge in [-0.2, -0.15) is 0 Å². The molecule has 1 heterocycles. The van der Waals surface area contributed by atoms with Crippen molar-refractivity contribution in [1.82, 2.24) is 15.1 Å². The van der Waals surface area contributed by atoms with Gasteiger partial charge in [0.15, 0.2) is 0 Å². The van der Waals surface area contributed by atoms with Crippen molar-refractivity contribution in [1.29, 1.82) is 0 Å². The van der Waals surface area contributed by atoms with Gasteiger partial charge in [-0.05, 0) is 64.2 Å². The Balaban J connectivity index is 2.08. The number of carbonyl (C=O) groups is 2. The Bertz CT molecular complexity index is 654. The van der Waals surface area contributed by atoms with Crippen molar-refractivity contribution in [3.05, 3.63) is 42.0 Å². The van der Waals surface area contributed by atoms with Gasteiger partial charge in [0.25, 0.3) is 5.91 Å². The van der Waals surface area contributed by atoms with Crippen LogP contribution in [-0.4, -0.2) is 55.5 Å². The van der Waals surface area contributed by atoms with Crippen LogP contribution in [0.3, 0.4) is 0 Å². The van der Waals surface area contributed by atoms with Gasteiger partial charge in [-0.25, -0.2) is 4.79 Å². The lowest BCUT2D eigenvalue weighted by Crippen LogP contribution is -2.41. The van der Waals surface area contributed by atoms with Crippen molar-refractivity contribution in [2.75, 3.05) is 33.8 Å². The Hall–Kier alpha value is -2.34. The average molecular weight is 345 g/mol. The molecule has 6 heteroatoms. The van der Waals surface area contributed by atoms with Gasteiger partial charge in [0.05, 0.1) is 0 Å². The molecular formula is C19H27N3O3. The normalized spacial score (nSPS) is 20.1. The van der Waals surface area contributed by atoms with E-state index >= 15 is 0 Å². The summed E-state index contributed by atoms with van der Waals surface area (Å²) in [6.45, 7) is 9.12. The maximum Gasteiger partial charge on any atom is 0.325 e. The first-order valence-corrected chi connectivity index (χ1v) is 8.40. The maximum absolute atomic E-state index is 12.8. The Kier molecular flexibility index (Phi) is 5.85. The van der Waals surface area contributed by atoms with Crippen molar-refractivity contribution in [3.63, 3.8) is 0 Å². The molecule has 1 fully saturated rings. The lowest BCUT2D eigenvalue weighted by molar-refractivity contribution is -0.131. The first-order valence-electron chi connectivity index (χ1n) is 8.40. The predicted molar refractivity (Wildman–Crippen MR) is 97.5 cm³/mol. The van der Waals surface area contributed by atoms with Gasteiger partial charge in [0.2, 0.25) is 0 Å². The van der Waals surface area contributed by atoms with Gasteiger partial charge in [-0.1, -0.05) is 18.7 Å². The molecule has 1 unspecified atom stereocenters. The number of imide groups is 1. The molecule has 0 bridgehead atoms. The van der Waals surface area contributed by atoms with E-state index in [1.165, 1.54) is 4.90 Å². The number of urea groups is 1. The van der Waals surface area contributed by atoms with E-state index in [1.807, 2.05) is 38.1 Å². The third-order valence-electron chi connectivity index (χ3n) is 4.18. The molecule has 1 aliphatic rings. The Morgan fingerprint density at radius 1 is 1.28 bits per heavy atom. The summed E-state index contributed by atoms with van der Waals surface area (Å²) >= 11 is 0. The highest BCUT2D eigenvalue weighted by Gasteiger charge is 2.48. The summed E-state index contributed by atoms with van der Waals surface area (Å²) < 4.78 is 5.58. The number of amides is 3. The van der Waals surface area contributed by atoms with Gasteiger partial charge in [0.1, 0.15) is 17.9 Å². The molecule has 1 aliphatic heterocycles. The summed E-state index contributed by atoms with van der Waals surface area (Å²) in [5.74, 6) is 0.488. The second-order valence-electron chi connectivity index (χ2n) is 6.94. The number of hydrogen-bond acceptors (Lipinski definition) is 4. The highest BCUT2D eigenvalue weighted by molar-refractivity contribution is 6.07. The predicted octanol–water partition coefficient (Wildman–Crippen LogP) is 2.36. The van der Waals surface area contributed by atoms with Crippen LogP contribution in [0.1, 0.15) is 25.8 Å². The molecule has 1 atom stereocenters. The standard InChI is InChI=1S/C19H27N3O3/c1-14(2)13-25-16-9-7-15(8-10-16)19(3)17(23)22(18(24)20-19)12-6-11-21(4)5/h7-10H,1,6,11-13H2,2-5H3,(H,20,24). The molecule has 1 saturated heterocycles. The van der Waals surface area contributed by atoms with Crippen molar-refractivity contribution in [2.45, 2.75) is 25.8 Å². The van der Waals surface area contributed by atoms with Crippen LogP contribution < -0.4 is 10.1 Å². The highest BCUT2D eigenvalue weighted by atomic mass is 16.5. The van der Waals surface area contributed by atoms with E-state index < -0.39 is 5.54 Å². The minimum Gasteiger partial charge on any atom is -0.489 e. The van der Waals surface area contributed by atoms with Crippen LogP contribution in [0.5, 0.6) is 5.75 Å². The smallest absolute Gasteiger partial charge is 0.325 e. The van der Waals surface area contributed by atoms with Crippen LogP contribution in [0.15, 0.2) is 36.4 Å². The third kappa shape index (κ3) is 4.39. The van der Waals surface area contributed by atoms with Crippen LogP contribution >= 0.6 is 0 Å². The zero-order chi connectivity index (χ0) is 18.6. The van der Waals surface area contributed by atoms with E-state index in [4.69, 9.17) is 4.74 Å². The first kappa shape index (κ1) is 19.0. The number of hydrogen-bond donors (Lipinski definition) is 1. The van der Waals surface area contributed by atoms with E-state index in [0.717, 1.165) is 24.1 Å². The summed E-state index contributed by atoms with van der Waals surface area (Å²) in [4.78, 5) is 28.4. The topological polar surface area (TPSA) is 61.9 Å². The molecule has 0 saturated carbocycles. The zero-order valence-corrected chi connectivity index (χ0v) is 15.5. The van der Waals surface area contributed by atoms with Crippen molar-refractivity contribution < 1.29 is 14.3 Å². The number of ether oxygens (including phenoxy) is 1. The van der Waals surface area contributed by atoms with E-state index in [9.17, 15) is 9.59 Å². The van der Waals surface area contributed by atoms with Crippen LogP contribution in [0.25, 0.3) is 0 Å². The lowest BCUT2D eigenvalue weighted by atomic mass is 9.92. The summed E-state index contributed by atoms with van der Waals surface area (Å²) in [7, 11) is 3.93. The van der Waals surface area contributed by atoms with Gasteiger partial charge in [-0.15, -0.1) is 0 Å². The molecule has 1 aromatic rings. The molecule has 6 nitrogen and oxygen atoms in total. The van der Waals surface area contributed by atoms with E-state index in [-0.39, 0.29) is 11.9 Å². The minimum atomic E-state index is -1.04. The molecule has 25 heavy (non-hydrogen) atoms. The molecular weight excluding hydrogens is 318 g/mol. The van der Waals surface area contributed by atoms with Crippen LogP contribution in [0, 0.1) is 0 Å². The van der Waals surface area contributed by atoms with Gasteiger partial charge in [-0.3, -0.25) is 9.69 Å². The van der Waals surface area contributed by atoms with Crippen molar-refractivity contribution in [2.24, 2.45) is 0 Å². The number of nitrogens with one attached hydrogen (secondary N) is 1. The summed E-state index contributed by atoms with van der Waals surface area (Å²) in [6, 6.07) is 6.90. The summed E-state index contributed by atoms with van der Waals surface area (Å²) in [5, 5.41) is 2.82. The van der Waals surface area contributed by atoms with Crippen LogP contribution in [0.2, 0.25) is 0 Å². The fourth-order valence-electron chi connectivity index (χ4n) is 2.73. The lowest BCUT2D eigenvalue weighted by Gasteiger charge is -2.22. The fraction of sp³-hybridized carbons (Fsp3) is 0.474. The molecule has 1 aromatic carbocycles. The largest absolute Gasteiger partial charge is 0.489 e. The molecule has 3 amide bonds. The molecule has 1 N–H and O–H groups in total. The maximum atomic E-state index is 12.8. The molecule has 0 aromatic heterocycles. The quantitative estimate of drug-likeness (QED) is 0.580. The van der Waals surface area contributed by atoms with Gasteiger partial charge in [0, 0.05) is 6.54 Å². The molecule has 0 aliphatic carbocycles. The minimum absolute atomic E-state index is 0.216. The number of benzene rings is 1. The number of carbonyl (C=O) groups excluding carboxylic acids is 2. The molecule has 136 valence electrons. The van der Waals surface area contributed by atoms with Crippen molar-refractivity contribution >= 4 is 11.9 Å². The average Bonchev–Trinajstić information content (AvgIpc) is 2.77. The monoisotopic (exact) mass is 345 g/mol. The van der Waals surface area contributed by atoms with Gasteiger partial charge < -0.3 is 15.0 Å². The second kappa shape index (κ2) is 7.70. The van der Waals surface area contributed by atoms with Crippen LogP contribution in [-0.2, 0) is 10.3 Å². The Morgan fingerprint density at radius 3 is 2.48 bits per heavy atom. The first-order chi connectivity index (χ1) is 11.7. The zero-order valence-electron chi connectivity index (χ0n) is 15.5.